The standard InChI is InChI=1S/C23H26ClN5O5/c1-3-17(21(31)28-19-6-4-5-9-25-19)27-23(33)29-13-20(30)26-12-15(22(29)32)10-14-11-16(24)7-8-18(14)34-2/h4-9,11,15,17H,3,10,12-13H2,1-2H3,(H,26,30)(H,27,33)(H,25,28,31)/t15?,17-/m1/s1. The molecule has 1 aliphatic rings. The number of ether oxygens (including phenoxy) is 1. The Morgan fingerprint density at radius 3 is 2.76 bits per heavy atom. The van der Waals surface area contributed by atoms with Gasteiger partial charge in [-0.05, 0) is 48.7 Å². The highest BCUT2D eigenvalue weighted by Crippen LogP contribution is 2.26. The van der Waals surface area contributed by atoms with Crippen molar-refractivity contribution < 1.29 is 23.9 Å². The second-order valence-electron chi connectivity index (χ2n) is 7.70. The molecule has 0 aliphatic carbocycles. The van der Waals surface area contributed by atoms with Crippen LogP contribution < -0.4 is 20.7 Å². The molecule has 2 atom stereocenters. The molecule has 1 saturated heterocycles. The maximum Gasteiger partial charge on any atom is 0.325 e. The summed E-state index contributed by atoms with van der Waals surface area (Å²) >= 11 is 6.10. The first-order valence-electron chi connectivity index (χ1n) is 10.7. The van der Waals surface area contributed by atoms with Gasteiger partial charge < -0.3 is 20.7 Å². The van der Waals surface area contributed by atoms with Crippen molar-refractivity contribution in [3.05, 3.63) is 53.2 Å². The van der Waals surface area contributed by atoms with E-state index >= 15 is 0 Å². The SMILES string of the molecule is CC[C@@H](NC(=O)N1CC(=O)NCC(Cc2cc(Cl)ccc2OC)C1=O)C(=O)Nc1ccccn1. The highest BCUT2D eigenvalue weighted by Gasteiger charge is 2.35. The lowest BCUT2D eigenvalue weighted by Gasteiger charge is -2.25. The highest BCUT2D eigenvalue weighted by molar-refractivity contribution is 6.30. The van der Waals surface area contributed by atoms with Gasteiger partial charge in [-0.3, -0.25) is 19.3 Å². The molecular formula is C23H26ClN5O5. The number of rotatable bonds is 7. The zero-order chi connectivity index (χ0) is 24.7. The maximum atomic E-state index is 13.2. The summed E-state index contributed by atoms with van der Waals surface area (Å²) in [6.45, 7) is 1.31. The van der Waals surface area contributed by atoms with E-state index in [-0.39, 0.29) is 19.4 Å². The fraction of sp³-hybridized carbons (Fsp3) is 0.348. The van der Waals surface area contributed by atoms with Gasteiger partial charge >= 0.3 is 6.03 Å². The van der Waals surface area contributed by atoms with Crippen molar-refractivity contribution in [1.29, 1.82) is 0 Å². The number of urea groups is 1. The van der Waals surface area contributed by atoms with Gasteiger partial charge in [-0.2, -0.15) is 0 Å². The topological polar surface area (TPSA) is 130 Å². The third-order valence-corrected chi connectivity index (χ3v) is 5.59. The van der Waals surface area contributed by atoms with Crippen LogP contribution in [0.4, 0.5) is 10.6 Å². The maximum absolute atomic E-state index is 13.2. The minimum atomic E-state index is -0.930. The molecule has 1 aromatic heterocycles. The smallest absolute Gasteiger partial charge is 0.325 e. The van der Waals surface area contributed by atoms with Gasteiger partial charge in [-0.15, -0.1) is 0 Å². The average Bonchev–Trinajstić information content (AvgIpc) is 2.96. The van der Waals surface area contributed by atoms with Crippen molar-refractivity contribution in [2.75, 3.05) is 25.5 Å². The molecule has 0 bridgehead atoms. The summed E-state index contributed by atoms with van der Waals surface area (Å²) in [6, 6.07) is 8.32. The number of carbonyl (C=O) groups is 4. The number of nitrogens with one attached hydrogen (secondary N) is 3. The molecule has 5 amide bonds. The van der Waals surface area contributed by atoms with E-state index < -0.39 is 42.3 Å². The molecular weight excluding hydrogens is 462 g/mol. The van der Waals surface area contributed by atoms with E-state index in [1.54, 1.807) is 43.3 Å². The van der Waals surface area contributed by atoms with Crippen molar-refractivity contribution >= 4 is 41.2 Å². The Morgan fingerprint density at radius 2 is 2.09 bits per heavy atom. The molecule has 0 spiro atoms. The van der Waals surface area contributed by atoms with Gasteiger partial charge in [0.05, 0.1) is 13.0 Å². The van der Waals surface area contributed by atoms with E-state index in [9.17, 15) is 19.2 Å². The highest BCUT2D eigenvalue weighted by atomic mass is 35.5. The summed E-state index contributed by atoms with van der Waals surface area (Å²) in [5.74, 6) is -1.36. The number of anilines is 1. The Balaban J connectivity index is 1.74. The number of pyridine rings is 1. The van der Waals surface area contributed by atoms with Crippen molar-refractivity contribution in [3.8, 4) is 5.75 Å². The second kappa shape index (κ2) is 11.5. The fourth-order valence-electron chi connectivity index (χ4n) is 3.56. The quantitative estimate of drug-likeness (QED) is 0.547. The molecule has 1 aliphatic heterocycles. The molecule has 0 radical (unpaired) electrons. The largest absolute Gasteiger partial charge is 0.496 e. The van der Waals surface area contributed by atoms with Gasteiger partial charge in [0.25, 0.3) is 0 Å². The molecule has 3 rings (SSSR count). The number of amides is 5. The molecule has 11 heteroatoms. The van der Waals surface area contributed by atoms with Crippen molar-refractivity contribution in [2.45, 2.75) is 25.8 Å². The van der Waals surface area contributed by atoms with Crippen LogP contribution in [-0.2, 0) is 20.8 Å². The summed E-state index contributed by atoms with van der Waals surface area (Å²) in [7, 11) is 1.50. The van der Waals surface area contributed by atoms with E-state index in [0.29, 0.717) is 22.2 Å². The summed E-state index contributed by atoms with van der Waals surface area (Å²) in [5, 5.41) is 8.31. The monoisotopic (exact) mass is 487 g/mol. The lowest BCUT2D eigenvalue weighted by molar-refractivity contribution is -0.133. The number of benzene rings is 1. The number of aromatic nitrogens is 1. The Labute approximate surface area is 202 Å². The lowest BCUT2D eigenvalue weighted by Crippen LogP contribution is -2.53. The summed E-state index contributed by atoms with van der Waals surface area (Å²) in [5.41, 5.74) is 0.672. The van der Waals surface area contributed by atoms with Crippen molar-refractivity contribution in [3.63, 3.8) is 0 Å². The van der Waals surface area contributed by atoms with Crippen LogP contribution in [-0.4, -0.2) is 59.9 Å². The fourth-order valence-corrected chi connectivity index (χ4v) is 3.75. The van der Waals surface area contributed by atoms with Gasteiger partial charge in [0.2, 0.25) is 17.7 Å². The summed E-state index contributed by atoms with van der Waals surface area (Å²) < 4.78 is 5.35. The van der Waals surface area contributed by atoms with Crippen LogP contribution in [0.15, 0.2) is 42.6 Å². The summed E-state index contributed by atoms with van der Waals surface area (Å²) in [6.07, 6.45) is 1.99. The van der Waals surface area contributed by atoms with Crippen LogP contribution in [0, 0.1) is 5.92 Å². The number of hydrogen-bond donors (Lipinski definition) is 3. The van der Waals surface area contributed by atoms with Crippen molar-refractivity contribution in [2.24, 2.45) is 5.92 Å². The van der Waals surface area contributed by atoms with Gasteiger partial charge in [-0.25, -0.2) is 9.78 Å². The van der Waals surface area contributed by atoms with Crippen molar-refractivity contribution in [1.82, 2.24) is 20.5 Å². The third kappa shape index (κ3) is 6.22. The predicted octanol–water partition coefficient (Wildman–Crippen LogP) is 1.99. The van der Waals surface area contributed by atoms with E-state index in [2.05, 4.69) is 20.9 Å². The first-order valence-corrected chi connectivity index (χ1v) is 11.1. The van der Waals surface area contributed by atoms with Crippen LogP contribution in [0.5, 0.6) is 5.75 Å². The molecule has 10 nitrogen and oxygen atoms in total. The molecule has 2 aromatic rings. The number of nitrogens with zero attached hydrogens (tertiary/aromatic N) is 2. The predicted molar refractivity (Wildman–Crippen MR) is 125 cm³/mol. The van der Waals surface area contributed by atoms with Crippen LogP contribution in [0.2, 0.25) is 5.02 Å². The molecule has 180 valence electrons. The zero-order valence-corrected chi connectivity index (χ0v) is 19.6. The Kier molecular flexibility index (Phi) is 8.42. The molecule has 3 N–H and O–H groups in total. The number of carbonyl (C=O) groups excluding carboxylic acids is 4. The normalized spacial score (nSPS) is 16.8. The molecule has 1 fully saturated rings. The molecule has 1 aromatic carbocycles. The first-order chi connectivity index (χ1) is 16.3. The molecule has 1 unspecified atom stereocenters. The van der Waals surface area contributed by atoms with Crippen LogP contribution in [0.25, 0.3) is 0 Å². The number of halogens is 1. The molecule has 34 heavy (non-hydrogen) atoms. The molecule has 0 saturated carbocycles. The van der Waals surface area contributed by atoms with Gasteiger partial charge in [0.15, 0.2) is 0 Å². The number of methoxy groups -OCH3 is 1. The van der Waals surface area contributed by atoms with Crippen LogP contribution in [0.3, 0.4) is 0 Å². The number of imide groups is 1. The minimum Gasteiger partial charge on any atom is -0.496 e. The second-order valence-corrected chi connectivity index (χ2v) is 8.14. The number of hydrogen-bond acceptors (Lipinski definition) is 6. The van der Waals surface area contributed by atoms with Crippen LogP contribution >= 0.6 is 11.6 Å². The Hall–Kier alpha value is -3.66. The van der Waals surface area contributed by atoms with E-state index in [1.807, 2.05) is 0 Å². The molecule has 2 heterocycles. The van der Waals surface area contributed by atoms with Gasteiger partial charge in [-0.1, -0.05) is 24.6 Å². The van der Waals surface area contributed by atoms with E-state index in [1.165, 1.54) is 13.3 Å². The summed E-state index contributed by atoms with van der Waals surface area (Å²) in [4.78, 5) is 55.9. The van der Waals surface area contributed by atoms with Crippen LogP contribution in [0.1, 0.15) is 18.9 Å². The third-order valence-electron chi connectivity index (χ3n) is 5.36. The minimum absolute atomic E-state index is 0.0501. The van der Waals surface area contributed by atoms with E-state index in [4.69, 9.17) is 16.3 Å². The average molecular weight is 488 g/mol. The van der Waals surface area contributed by atoms with Gasteiger partial charge in [0, 0.05) is 17.8 Å². The zero-order valence-electron chi connectivity index (χ0n) is 18.8. The first kappa shape index (κ1) is 25.0. The Morgan fingerprint density at radius 1 is 1.29 bits per heavy atom. The van der Waals surface area contributed by atoms with Gasteiger partial charge in [0.1, 0.15) is 24.2 Å². The lowest BCUT2D eigenvalue weighted by atomic mass is 9.97. The Bertz CT molecular complexity index is 1060. The van der Waals surface area contributed by atoms with E-state index in [0.717, 1.165) is 4.90 Å².